The minimum absolute atomic E-state index is 0. The van der Waals surface area contributed by atoms with Gasteiger partial charge in [0.25, 0.3) is 0 Å². The van der Waals surface area contributed by atoms with Crippen LogP contribution in [0.15, 0.2) is 30.4 Å². The third-order valence-corrected chi connectivity index (χ3v) is 5.79. The van der Waals surface area contributed by atoms with Crippen molar-refractivity contribution in [1.82, 2.24) is 5.32 Å². The molecular weight excluding hydrogens is 286 g/mol. The van der Waals surface area contributed by atoms with Crippen LogP contribution in [0, 0.1) is 0 Å². The van der Waals surface area contributed by atoms with Crippen molar-refractivity contribution in [2.45, 2.75) is 49.2 Å². The minimum Gasteiger partial charge on any atom is -0.508 e. The van der Waals surface area contributed by atoms with Gasteiger partial charge >= 0.3 is 0 Å². The highest BCUT2D eigenvalue weighted by molar-refractivity contribution is 5.85. The Balaban J connectivity index is 0.00000132. The molecule has 0 aromatic heterocycles. The van der Waals surface area contributed by atoms with Gasteiger partial charge in [0.2, 0.25) is 0 Å². The topological polar surface area (TPSA) is 52.5 Å². The molecule has 2 aliphatic carbocycles. The van der Waals surface area contributed by atoms with Crippen LogP contribution < -0.4 is 5.32 Å². The van der Waals surface area contributed by atoms with E-state index in [2.05, 4.69) is 11.9 Å². The molecule has 1 aromatic carbocycles. The summed E-state index contributed by atoms with van der Waals surface area (Å²) in [4.78, 5) is 0. The summed E-state index contributed by atoms with van der Waals surface area (Å²) in [6.45, 7) is 5.11. The lowest BCUT2D eigenvalue weighted by Gasteiger charge is -2.61. The van der Waals surface area contributed by atoms with Gasteiger partial charge in [0.15, 0.2) is 0 Å². The lowest BCUT2D eigenvalue weighted by Crippen LogP contribution is -2.71. The second kappa shape index (κ2) is 4.73. The summed E-state index contributed by atoms with van der Waals surface area (Å²) in [5.41, 5.74) is 2.68. The van der Waals surface area contributed by atoms with E-state index in [-0.39, 0.29) is 23.9 Å². The Morgan fingerprint density at radius 3 is 2.90 bits per heavy atom. The normalized spacial score (nSPS) is 37.2. The summed E-state index contributed by atoms with van der Waals surface area (Å²) >= 11 is 0. The van der Waals surface area contributed by atoms with Crippen LogP contribution in [0.3, 0.4) is 0 Å². The lowest BCUT2D eigenvalue weighted by atomic mass is 9.49. The van der Waals surface area contributed by atoms with Gasteiger partial charge in [-0.15, -0.1) is 12.4 Å². The van der Waals surface area contributed by atoms with E-state index in [0.29, 0.717) is 5.75 Å². The third kappa shape index (κ3) is 1.81. The van der Waals surface area contributed by atoms with Gasteiger partial charge in [-0.2, -0.15) is 0 Å². The van der Waals surface area contributed by atoms with Crippen molar-refractivity contribution in [3.63, 3.8) is 0 Å². The molecule has 114 valence electrons. The first-order valence-corrected chi connectivity index (χ1v) is 7.50. The van der Waals surface area contributed by atoms with Gasteiger partial charge in [-0.05, 0) is 61.9 Å². The van der Waals surface area contributed by atoms with Crippen LogP contribution in [-0.4, -0.2) is 28.4 Å². The average Bonchev–Trinajstić information content (AvgIpc) is 2.41. The number of hydrogen-bond acceptors (Lipinski definition) is 3. The maximum Gasteiger partial charge on any atom is 0.115 e. The number of rotatable bonds is 0. The standard InChI is InChI=1S/C17H21NO2.ClH/c1-11-4-5-17(20)15-8-12-2-3-13(19)9-14(12)16(17,10-11)6-7-18-15;/h2-3,9,15,18-20H,1,4-8,10H2;1H/t15-,16-,17-;/m1./s1. The molecule has 1 aliphatic heterocycles. The van der Waals surface area contributed by atoms with Gasteiger partial charge in [-0.1, -0.05) is 18.2 Å². The number of aliphatic hydroxyl groups is 1. The van der Waals surface area contributed by atoms with Gasteiger partial charge in [-0.3, -0.25) is 0 Å². The molecule has 21 heavy (non-hydrogen) atoms. The fourth-order valence-corrected chi connectivity index (χ4v) is 4.83. The maximum absolute atomic E-state index is 11.4. The zero-order valence-corrected chi connectivity index (χ0v) is 12.9. The van der Waals surface area contributed by atoms with Gasteiger partial charge in [0.1, 0.15) is 5.75 Å². The van der Waals surface area contributed by atoms with E-state index >= 15 is 0 Å². The molecule has 4 heteroatoms. The summed E-state index contributed by atoms with van der Waals surface area (Å²) in [7, 11) is 0. The molecule has 1 aromatic rings. The van der Waals surface area contributed by atoms with E-state index in [0.717, 1.165) is 44.2 Å². The summed E-state index contributed by atoms with van der Waals surface area (Å²) in [5.74, 6) is 0.300. The van der Waals surface area contributed by atoms with E-state index in [9.17, 15) is 10.2 Å². The van der Waals surface area contributed by atoms with Crippen LogP contribution in [-0.2, 0) is 11.8 Å². The number of halogens is 1. The van der Waals surface area contributed by atoms with Crippen LogP contribution in [0.1, 0.15) is 36.8 Å². The van der Waals surface area contributed by atoms with Gasteiger partial charge in [0.05, 0.1) is 5.60 Å². The van der Waals surface area contributed by atoms with Gasteiger partial charge < -0.3 is 15.5 Å². The summed E-state index contributed by atoms with van der Waals surface area (Å²) in [6.07, 6.45) is 4.29. The van der Waals surface area contributed by atoms with E-state index in [1.807, 2.05) is 12.1 Å². The van der Waals surface area contributed by atoms with Crippen molar-refractivity contribution in [2.75, 3.05) is 6.54 Å². The number of nitrogens with one attached hydrogen (secondary N) is 1. The van der Waals surface area contributed by atoms with E-state index < -0.39 is 5.60 Å². The summed E-state index contributed by atoms with van der Waals surface area (Å²) in [5, 5.41) is 24.8. The molecule has 1 saturated carbocycles. The van der Waals surface area contributed by atoms with Crippen molar-refractivity contribution in [2.24, 2.45) is 0 Å². The molecule has 3 nitrogen and oxygen atoms in total. The van der Waals surface area contributed by atoms with Crippen LogP contribution in [0.2, 0.25) is 0 Å². The van der Waals surface area contributed by atoms with Crippen molar-refractivity contribution in [3.8, 4) is 5.75 Å². The first-order chi connectivity index (χ1) is 9.55. The molecule has 3 atom stereocenters. The molecule has 2 bridgehead atoms. The Kier molecular flexibility index (Phi) is 3.36. The number of phenols is 1. The Morgan fingerprint density at radius 2 is 2.10 bits per heavy atom. The number of aromatic hydroxyl groups is 1. The number of allylic oxidation sites excluding steroid dienone is 1. The molecule has 0 unspecified atom stereocenters. The predicted octanol–water partition coefficient (Wildman–Crippen LogP) is 2.44. The highest BCUT2D eigenvalue weighted by Crippen LogP contribution is 2.57. The van der Waals surface area contributed by atoms with Crippen molar-refractivity contribution >= 4 is 12.4 Å². The van der Waals surface area contributed by atoms with Crippen molar-refractivity contribution in [1.29, 1.82) is 0 Å². The number of hydrogen-bond donors (Lipinski definition) is 3. The first-order valence-electron chi connectivity index (χ1n) is 7.50. The van der Waals surface area contributed by atoms with Crippen LogP contribution in [0.4, 0.5) is 0 Å². The largest absolute Gasteiger partial charge is 0.508 e. The molecule has 1 heterocycles. The average molecular weight is 308 g/mol. The number of fused-ring (bicyclic) bond motifs is 1. The fourth-order valence-electron chi connectivity index (χ4n) is 4.83. The molecule has 3 aliphatic rings. The molecule has 4 rings (SSSR count). The van der Waals surface area contributed by atoms with E-state index in [4.69, 9.17) is 0 Å². The molecule has 2 fully saturated rings. The summed E-state index contributed by atoms with van der Waals surface area (Å²) < 4.78 is 0. The molecule has 3 N–H and O–H groups in total. The Morgan fingerprint density at radius 1 is 1.29 bits per heavy atom. The van der Waals surface area contributed by atoms with Crippen molar-refractivity contribution < 1.29 is 10.2 Å². The molecule has 1 saturated heterocycles. The van der Waals surface area contributed by atoms with Gasteiger partial charge in [0, 0.05) is 11.5 Å². The lowest BCUT2D eigenvalue weighted by molar-refractivity contribution is -0.115. The van der Waals surface area contributed by atoms with Crippen LogP contribution >= 0.6 is 12.4 Å². The zero-order valence-electron chi connectivity index (χ0n) is 12.1. The first kappa shape index (κ1) is 14.9. The highest BCUT2D eigenvalue weighted by atomic mass is 35.5. The smallest absolute Gasteiger partial charge is 0.115 e. The Hall–Kier alpha value is -1.03. The van der Waals surface area contributed by atoms with Crippen LogP contribution in [0.25, 0.3) is 0 Å². The molecule has 0 amide bonds. The highest BCUT2D eigenvalue weighted by Gasteiger charge is 2.61. The quantitative estimate of drug-likeness (QED) is 0.645. The maximum atomic E-state index is 11.4. The second-order valence-corrected chi connectivity index (χ2v) is 6.74. The molecule has 0 spiro atoms. The monoisotopic (exact) mass is 307 g/mol. The zero-order chi connectivity index (χ0) is 14.0. The van der Waals surface area contributed by atoms with Gasteiger partial charge in [-0.25, -0.2) is 0 Å². The SMILES string of the molecule is C=C1CC[C@@]2(O)[C@H]3Cc4ccc(O)cc4[C@@]2(CCN3)C1.Cl. The Bertz CT molecular complexity index is 602. The fraction of sp³-hybridized carbons (Fsp3) is 0.529. The minimum atomic E-state index is -0.701. The van der Waals surface area contributed by atoms with E-state index in [1.54, 1.807) is 6.07 Å². The summed E-state index contributed by atoms with van der Waals surface area (Å²) in [6, 6.07) is 5.78. The Labute approximate surface area is 131 Å². The van der Waals surface area contributed by atoms with Crippen LogP contribution in [0.5, 0.6) is 5.75 Å². The van der Waals surface area contributed by atoms with E-state index in [1.165, 1.54) is 11.1 Å². The number of piperidine rings is 1. The number of benzene rings is 1. The van der Waals surface area contributed by atoms with Crippen molar-refractivity contribution in [3.05, 3.63) is 41.5 Å². The predicted molar refractivity (Wildman–Crippen MR) is 85.1 cm³/mol. The second-order valence-electron chi connectivity index (χ2n) is 6.74. The number of phenolic OH excluding ortho intramolecular Hbond substituents is 1. The molecular formula is C17H22ClNO2. The third-order valence-electron chi connectivity index (χ3n) is 5.79. The molecule has 0 radical (unpaired) electrons.